The number of aromatic nitrogens is 2. The minimum atomic E-state index is -0.154. The maximum absolute atomic E-state index is 12.0. The van der Waals surface area contributed by atoms with Crippen LogP contribution in [0.3, 0.4) is 0 Å². The summed E-state index contributed by atoms with van der Waals surface area (Å²) in [6, 6.07) is 13.1. The molecule has 3 aromatic heterocycles. The number of amides is 1. The fraction of sp³-hybridized carbons (Fsp3) is 0.0588. The highest BCUT2D eigenvalue weighted by Crippen LogP contribution is 2.27. The lowest BCUT2D eigenvalue weighted by atomic mass is 10.2. The van der Waals surface area contributed by atoms with Gasteiger partial charge in [-0.1, -0.05) is 17.8 Å². The van der Waals surface area contributed by atoms with Crippen LogP contribution in [0.15, 0.2) is 59.2 Å². The van der Waals surface area contributed by atoms with Gasteiger partial charge in [0.2, 0.25) is 5.91 Å². The van der Waals surface area contributed by atoms with E-state index in [0.717, 1.165) is 10.6 Å². The first-order valence-corrected chi connectivity index (χ1v) is 8.90. The summed E-state index contributed by atoms with van der Waals surface area (Å²) in [5.41, 5.74) is 1.97. The van der Waals surface area contributed by atoms with Crippen molar-refractivity contribution in [1.82, 2.24) is 9.97 Å². The Morgan fingerprint density at radius 2 is 2.08 bits per heavy atom. The molecular formula is C17H12N4OS2. The van der Waals surface area contributed by atoms with Gasteiger partial charge in [-0.3, -0.25) is 9.78 Å². The molecule has 3 aromatic rings. The van der Waals surface area contributed by atoms with Crippen LogP contribution in [0, 0.1) is 11.3 Å². The number of hydrogen-bond donors (Lipinski definition) is 1. The van der Waals surface area contributed by atoms with E-state index in [-0.39, 0.29) is 11.7 Å². The number of carbonyl (C=O) groups excluding carboxylic acids is 1. The molecule has 1 amide bonds. The van der Waals surface area contributed by atoms with Gasteiger partial charge in [-0.05, 0) is 35.7 Å². The van der Waals surface area contributed by atoms with E-state index in [9.17, 15) is 10.1 Å². The maximum Gasteiger partial charge on any atom is 0.234 e. The van der Waals surface area contributed by atoms with Gasteiger partial charge in [0, 0.05) is 18.1 Å². The third kappa shape index (κ3) is 3.98. The summed E-state index contributed by atoms with van der Waals surface area (Å²) in [6.07, 6.45) is 3.23. The van der Waals surface area contributed by atoms with Crippen LogP contribution in [0.2, 0.25) is 0 Å². The van der Waals surface area contributed by atoms with Gasteiger partial charge in [-0.25, -0.2) is 4.98 Å². The van der Waals surface area contributed by atoms with Crippen molar-refractivity contribution in [2.75, 3.05) is 11.1 Å². The van der Waals surface area contributed by atoms with E-state index >= 15 is 0 Å². The minimum absolute atomic E-state index is 0.154. The van der Waals surface area contributed by atoms with Crippen LogP contribution in [0.5, 0.6) is 0 Å². The molecule has 0 saturated heterocycles. The summed E-state index contributed by atoms with van der Waals surface area (Å²) in [4.78, 5) is 21.5. The van der Waals surface area contributed by atoms with Gasteiger partial charge < -0.3 is 5.32 Å². The zero-order valence-corrected chi connectivity index (χ0v) is 14.1. The Morgan fingerprint density at radius 3 is 2.79 bits per heavy atom. The van der Waals surface area contributed by atoms with Crippen molar-refractivity contribution in [2.24, 2.45) is 0 Å². The van der Waals surface area contributed by atoms with Crippen molar-refractivity contribution >= 4 is 34.7 Å². The third-order valence-corrected chi connectivity index (χ3v) is 4.94. The molecule has 3 heterocycles. The van der Waals surface area contributed by atoms with Crippen molar-refractivity contribution < 1.29 is 4.79 Å². The zero-order valence-electron chi connectivity index (χ0n) is 12.5. The topological polar surface area (TPSA) is 78.7 Å². The highest BCUT2D eigenvalue weighted by Gasteiger charge is 2.11. The molecule has 118 valence electrons. The molecule has 0 atom stereocenters. The summed E-state index contributed by atoms with van der Waals surface area (Å²) in [5, 5.41) is 14.6. The predicted octanol–water partition coefficient (Wildman–Crippen LogP) is 3.81. The molecule has 0 radical (unpaired) electrons. The van der Waals surface area contributed by atoms with E-state index in [1.165, 1.54) is 11.8 Å². The molecule has 0 unspecified atom stereocenters. The first-order chi connectivity index (χ1) is 11.8. The van der Waals surface area contributed by atoms with Gasteiger partial charge in [0.05, 0.1) is 21.9 Å². The molecule has 0 aliphatic heterocycles. The van der Waals surface area contributed by atoms with Crippen LogP contribution >= 0.6 is 23.1 Å². The first kappa shape index (κ1) is 16.2. The smallest absolute Gasteiger partial charge is 0.234 e. The predicted molar refractivity (Wildman–Crippen MR) is 95.9 cm³/mol. The largest absolute Gasteiger partial charge is 0.325 e. The fourth-order valence-corrected chi connectivity index (χ4v) is 3.43. The van der Waals surface area contributed by atoms with Gasteiger partial charge in [0.1, 0.15) is 11.1 Å². The van der Waals surface area contributed by atoms with Crippen molar-refractivity contribution in [1.29, 1.82) is 5.26 Å². The molecular weight excluding hydrogens is 340 g/mol. The molecule has 0 fully saturated rings. The average Bonchev–Trinajstić information content (AvgIpc) is 3.15. The number of hydrogen-bond acceptors (Lipinski definition) is 6. The lowest BCUT2D eigenvalue weighted by molar-refractivity contribution is -0.113. The molecule has 0 spiro atoms. The third-order valence-electron chi connectivity index (χ3n) is 3.06. The lowest BCUT2D eigenvalue weighted by Crippen LogP contribution is -2.14. The number of rotatable bonds is 5. The second-order valence-electron chi connectivity index (χ2n) is 4.71. The number of nitrogens with one attached hydrogen (secondary N) is 1. The highest BCUT2D eigenvalue weighted by atomic mass is 32.2. The number of thioether (sulfide) groups is 1. The minimum Gasteiger partial charge on any atom is -0.325 e. The summed E-state index contributed by atoms with van der Waals surface area (Å²) >= 11 is 2.84. The molecule has 0 aromatic carbocycles. The van der Waals surface area contributed by atoms with Crippen LogP contribution < -0.4 is 5.32 Å². The Labute approximate surface area is 147 Å². The van der Waals surface area contributed by atoms with E-state index in [4.69, 9.17) is 0 Å². The molecule has 3 rings (SSSR count). The van der Waals surface area contributed by atoms with Crippen molar-refractivity contribution in [2.45, 2.75) is 5.03 Å². The van der Waals surface area contributed by atoms with Crippen LogP contribution in [0.4, 0.5) is 5.69 Å². The molecule has 0 bridgehead atoms. The Balaban J connectivity index is 1.71. The van der Waals surface area contributed by atoms with E-state index in [1.807, 2.05) is 23.6 Å². The van der Waals surface area contributed by atoms with E-state index in [0.29, 0.717) is 16.3 Å². The molecule has 0 aliphatic carbocycles. The molecule has 1 N–H and O–H groups in total. The normalized spacial score (nSPS) is 10.1. The quantitative estimate of drug-likeness (QED) is 0.707. The second-order valence-corrected chi connectivity index (χ2v) is 6.62. The number of nitriles is 1. The van der Waals surface area contributed by atoms with Crippen LogP contribution in [-0.4, -0.2) is 21.6 Å². The summed E-state index contributed by atoms with van der Waals surface area (Å²) < 4.78 is 0. The molecule has 5 nitrogen and oxygen atoms in total. The standard InChI is InChI=1S/C17H12N4OS2/c18-10-12-3-4-14(15-2-1-9-23-15)21-17(12)24-11-16(22)20-13-5-7-19-8-6-13/h1-9H,11H2,(H,19,20,22). The fourth-order valence-electron chi connectivity index (χ4n) is 1.96. The van der Waals surface area contributed by atoms with Gasteiger partial charge in [-0.2, -0.15) is 5.26 Å². The Hall–Kier alpha value is -2.69. The second kappa shape index (κ2) is 7.73. The zero-order chi connectivity index (χ0) is 16.8. The Kier molecular flexibility index (Phi) is 5.21. The molecule has 0 saturated carbocycles. The van der Waals surface area contributed by atoms with Crippen LogP contribution in [0.1, 0.15) is 5.56 Å². The monoisotopic (exact) mass is 352 g/mol. The average molecular weight is 352 g/mol. The van der Waals surface area contributed by atoms with Crippen LogP contribution in [0.25, 0.3) is 10.6 Å². The summed E-state index contributed by atoms with van der Waals surface area (Å²) in [6.45, 7) is 0. The van der Waals surface area contributed by atoms with Crippen molar-refractivity contribution in [3.05, 3.63) is 59.7 Å². The SMILES string of the molecule is N#Cc1ccc(-c2cccs2)nc1SCC(=O)Nc1ccncc1. The number of thiophene rings is 1. The molecule has 0 aliphatic rings. The van der Waals surface area contributed by atoms with E-state index in [2.05, 4.69) is 21.4 Å². The van der Waals surface area contributed by atoms with Gasteiger partial charge >= 0.3 is 0 Å². The van der Waals surface area contributed by atoms with Crippen LogP contribution in [-0.2, 0) is 4.79 Å². The maximum atomic E-state index is 12.0. The van der Waals surface area contributed by atoms with E-state index in [1.54, 1.807) is 41.9 Å². The number of anilines is 1. The summed E-state index contributed by atoms with van der Waals surface area (Å²) in [7, 11) is 0. The Morgan fingerprint density at radius 1 is 1.25 bits per heavy atom. The van der Waals surface area contributed by atoms with Gasteiger partial charge in [0.15, 0.2) is 0 Å². The highest BCUT2D eigenvalue weighted by molar-refractivity contribution is 8.00. The van der Waals surface area contributed by atoms with E-state index < -0.39 is 0 Å². The van der Waals surface area contributed by atoms with Gasteiger partial charge in [0.25, 0.3) is 0 Å². The first-order valence-electron chi connectivity index (χ1n) is 7.04. The lowest BCUT2D eigenvalue weighted by Gasteiger charge is -2.06. The number of pyridine rings is 2. The van der Waals surface area contributed by atoms with Crippen molar-refractivity contribution in [3.63, 3.8) is 0 Å². The number of carbonyl (C=O) groups is 1. The summed E-state index contributed by atoms with van der Waals surface area (Å²) in [5.74, 6) is 0.0242. The Bertz CT molecular complexity index is 873. The molecule has 7 heteroatoms. The van der Waals surface area contributed by atoms with Gasteiger partial charge in [-0.15, -0.1) is 11.3 Å². The number of nitrogens with zero attached hydrogens (tertiary/aromatic N) is 3. The molecule has 24 heavy (non-hydrogen) atoms. The van der Waals surface area contributed by atoms with Crippen molar-refractivity contribution in [3.8, 4) is 16.6 Å².